The Hall–Kier alpha value is -0.920. The van der Waals surface area contributed by atoms with Gasteiger partial charge in [-0.3, -0.25) is 0 Å². The second kappa shape index (κ2) is 6.24. The number of likely N-dealkylation sites (tertiary alicyclic amines) is 1. The van der Waals surface area contributed by atoms with Crippen LogP contribution in [0.25, 0.3) is 0 Å². The molecule has 0 saturated carbocycles. The van der Waals surface area contributed by atoms with E-state index in [1.807, 2.05) is 0 Å². The van der Waals surface area contributed by atoms with Crippen LogP contribution in [0, 0.1) is 11.3 Å². The van der Waals surface area contributed by atoms with Crippen molar-refractivity contribution in [1.82, 2.24) is 9.88 Å². The predicted octanol–water partition coefficient (Wildman–Crippen LogP) is 3.73. The van der Waals surface area contributed by atoms with E-state index >= 15 is 0 Å². The third-order valence-electron chi connectivity index (χ3n) is 4.04. The van der Waals surface area contributed by atoms with E-state index < -0.39 is 0 Å². The standard InChI is InChI=1S/C16H25N3S/c1-12-7-5-6-9-19(12)10-8-14-18-15(16(2,3)4)13(11-17)20-14/h12H,5-10H2,1-4H3. The number of thiazole rings is 1. The fourth-order valence-corrected chi connectivity index (χ4v) is 3.84. The summed E-state index contributed by atoms with van der Waals surface area (Å²) in [6, 6.07) is 3.01. The van der Waals surface area contributed by atoms with Crippen LogP contribution in [0.4, 0.5) is 0 Å². The molecule has 1 aliphatic rings. The minimum atomic E-state index is -0.0434. The Morgan fingerprint density at radius 3 is 2.70 bits per heavy atom. The number of nitriles is 1. The van der Waals surface area contributed by atoms with Crippen LogP contribution in [-0.2, 0) is 11.8 Å². The van der Waals surface area contributed by atoms with Crippen molar-refractivity contribution in [2.24, 2.45) is 0 Å². The molecule has 1 atom stereocenters. The van der Waals surface area contributed by atoms with Crippen LogP contribution in [0.3, 0.4) is 0 Å². The van der Waals surface area contributed by atoms with Gasteiger partial charge in [0.1, 0.15) is 10.9 Å². The van der Waals surface area contributed by atoms with Gasteiger partial charge in [0, 0.05) is 24.4 Å². The second-order valence-corrected chi connectivity index (χ2v) is 7.86. The molecular formula is C16H25N3S. The van der Waals surface area contributed by atoms with Crippen molar-refractivity contribution in [2.45, 2.75) is 64.8 Å². The minimum absolute atomic E-state index is 0.0434. The molecule has 1 unspecified atom stereocenters. The molecule has 0 aliphatic carbocycles. The van der Waals surface area contributed by atoms with E-state index in [2.05, 4.69) is 38.7 Å². The summed E-state index contributed by atoms with van der Waals surface area (Å²) in [5.41, 5.74) is 0.921. The largest absolute Gasteiger partial charge is 0.300 e. The van der Waals surface area contributed by atoms with Gasteiger partial charge in [0.05, 0.1) is 10.7 Å². The van der Waals surface area contributed by atoms with Gasteiger partial charge in [0.2, 0.25) is 0 Å². The molecule has 0 radical (unpaired) electrons. The van der Waals surface area contributed by atoms with Crippen LogP contribution in [0.15, 0.2) is 0 Å². The number of aromatic nitrogens is 1. The summed E-state index contributed by atoms with van der Waals surface area (Å²) < 4.78 is 0. The fourth-order valence-electron chi connectivity index (χ4n) is 2.78. The molecule has 20 heavy (non-hydrogen) atoms. The highest BCUT2D eigenvalue weighted by molar-refractivity contribution is 7.12. The average molecular weight is 291 g/mol. The lowest BCUT2D eigenvalue weighted by Crippen LogP contribution is -2.38. The number of hydrogen-bond acceptors (Lipinski definition) is 4. The van der Waals surface area contributed by atoms with E-state index in [-0.39, 0.29) is 5.41 Å². The molecule has 0 aromatic carbocycles. The normalized spacial score (nSPS) is 20.9. The minimum Gasteiger partial charge on any atom is -0.300 e. The Labute approximate surface area is 126 Å². The third-order valence-corrected chi connectivity index (χ3v) is 5.06. The molecule has 0 N–H and O–H groups in total. The molecule has 2 rings (SSSR count). The van der Waals surface area contributed by atoms with Gasteiger partial charge >= 0.3 is 0 Å². The number of piperidine rings is 1. The zero-order valence-electron chi connectivity index (χ0n) is 13.1. The van der Waals surface area contributed by atoms with Gasteiger partial charge in [-0.05, 0) is 26.3 Å². The Morgan fingerprint density at radius 2 is 2.15 bits per heavy atom. The first-order valence-electron chi connectivity index (χ1n) is 7.56. The van der Waals surface area contributed by atoms with Crippen LogP contribution in [0.2, 0.25) is 0 Å². The maximum absolute atomic E-state index is 9.26. The molecule has 2 heterocycles. The number of hydrogen-bond donors (Lipinski definition) is 0. The highest BCUT2D eigenvalue weighted by atomic mass is 32.1. The zero-order valence-corrected chi connectivity index (χ0v) is 13.9. The van der Waals surface area contributed by atoms with Gasteiger partial charge in [-0.2, -0.15) is 5.26 Å². The summed E-state index contributed by atoms with van der Waals surface area (Å²) in [4.78, 5) is 8.09. The fraction of sp³-hybridized carbons (Fsp3) is 0.750. The molecule has 3 nitrogen and oxygen atoms in total. The lowest BCUT2D eigenvalue weighted by Gasteiger charge is -2.33. The first kappa shape index (κ1) is 15.5. The molecule has 1 aliphatic heterocycles. The van der Waals surface area contributed by atoms with Gasteiger partial charge in [0.25, 0.3) is 0 Å². The van der Waals surface area contributed by atoms with Crippen LogP contribution in [0.5, 0.6) is 0 Å². The van der Waals surface area contributed by atoms with Gasteiger partial charge in [0.15, 0.2) is 0 Å². The zero-order chi connectivity index (χ0) is 14.8. The lowest BCUT2D eigenvalue weighted by atomic mass is 9.91. The van der Waals surface area contributed by atoms with Crippen molar-refractivity contribution in [1.29, 1.82) is 5.26 Å². The van der Waals surface area contributed by atoms with Gasteiger partial charge in [-0.1, -0.05) is 27.2 Å². The van der Waals surface area contributed by atoms with E-state index in [0.29, 0.717) is 6.04 Å². The van der Waals surface area contributed by atoms with Crippen molar-refractivity contribution in [3.63, 3.8) is 0 Å². The molecule has 0 amide bonds. The molecule has 1 fully saturated rings. The third kappa shape index (κ3) is 3.59. The summed E-state index contributed by atoms with van der Waals surface area (Å²) >= 11 is 1.58. The molecular weight excluding hydrogens is 266 g/mol. The van der Waals surface area contributed by atoms with E-state index in [9.17, 15) is 5.26 Å². The van der Waals surface area contributed by atoms with E-state index in [0.717, 1.165) is 28.5 Å². The molecule has 4 heteroatoms. The summed E-state index contributed by atoms with van der Waals surface area (Å²) in [5, 5.41) is 10.4. The Kier molecular flexibility index (Phi) is 4.82. The first-order valence-corrected chi connectivity index (χ1v) is 8.38. The molecule has 1 saturated heterocycles. The maximum Gasteiger partial charge on any atom is 0.128 e. The van der Waals surface area contributed by atoms with Crippen LogP contribution in [0.1, 0.15) is 62.5 Å². The van der Waals surface area contributed by atoms with Crippen molar-refractivity contribution in [2.75, 3.05) is 13.1 Å². The predicted molar refractivity (Wildman–Crippen MR) is 84.1 cm³/mol. The first-order chi connectivity index (χ1) is 9.41. The summed E-state index contributed by atoms with van der Waals surface area (Å²) in [5.74, 6) is 0. The Morgan fingerprint density at radius 1 is 1.40 bits per heavy atom. The number of rotatable bonds is 3. The van der Waals surface area contributed by atoms with E-state index in [1.165, 1.54) is 25.8 Å². The summed E-state index contributed by atoms with van der Waals surface area (Å²) in [6.07, 6.45) is 4.97. The quantitative estimate of drug-likeness (QED) is 0.852. The van der Waals surface area contributed by atoms with Gasteiger partial charge in [-0.15, -0.1) is 11.3 Å². The monoisotopic (exact) mass is 291 g/mol. The smallest absolute Gasteiger partial charge is 0.128 e. The highest BCUT2D eigenvalue weighted by Gasteiger charge is 2.24. The van der Waals surface area contributed by atoms with Crippen molar-refractivity contribution in [3.8, 4) is 6.07 Å². The van der Waals surface area contributed by atoms with Crippen LogP contribution in [-0.4, -0.2) is 29.0 Å². The molecule has 0 bridgehead atoms. The van der Waals surface area contributed by atoms with Crippen LogP contribution < -0.4 is 0 Å². The SMILES string of the molecule is CC1CCCCN1CCc1nc(C(C)(C)C)c(C#N)s1. The molecule has 110 valence electrons. The second-order valence-electron chi connectivity index (χ2n) is 6.78. The highest BCUT2D eigenvalue weighted by Crippen LogP contribution is 2.29. The van der Waals surface area contributed by atoms with Gasteiger partial charge in [-0.25, -0.2) is 4.98 Å². The lowest BCUT2D eigenvalue weighted by molar-refractivity contribution is 0.163. The van der Waals surface area contributed by atoms with Crippen molar-refractivity contribution < 1.29 is 0 Å². The van der Waals surface area contributed by atoms with Crippen LogP contribution >= 0.6 is 11.3 Å². The Balaban J connectivity index is 2.03. The van der Waals surface area contributed by atoms with E-state index in [1.54, 1.807) is 11.3 Å². The van der Waals surface area contributed by atoms with Crippen molar-refractivity contribution >= 4 is 11.3 Å². The van der Waals surface area contributed by atoms with E-state index in [4.69, 9.17) is 4.98 Å². The Bertz CT molecular complexity index is 493. The van der Waals surface area contributed by atoms with Gasteiger partial charge < -0.3 is 4.90 Å². The molecule has 1 aromatic heterocycles. The summed E-state index contributed by atoms with van der Waals surface area (Å²) in [7, 11) is 0. The van der Waals surface area contributed by atoms with Crippen molar-refractivity contribution in [3.05, 3.63) is 15.6 Å². The molecule has 1 aromatic rings. The topological polar surface area (TPSA) is 39.9 Å². The maximum atomic E-state index is 9.26. The molecule has 0 spiro atoms. The number of nitrogens with zero attached hydrogens (tertiary/aromatic N) is 3. The summed E-state index contributed by atoms with van der Waals surface area (Å²) in [6.45, 7) is 11.0. The average Bonchev–Trinajstić information content (AvgIpc) is 2.81.